The largest absolute Gasteiger partial charge is 0.490 e. The monoisotopic (exact) mass is 453 g/mol. The molecule has 2 N–H and O–H groups in total. The molecule has 12 heteroatoms. The first-order valence-corrected chi connectivity index (χ1v) is 9.76. The van der Waals surface area contributed by atoms with Crippen LogP contribution >= 0.6 is 0 Å². The minimum atomic E-state index is -5.08. The quantitative estimate of drug-likeness (QED) is 0.726. The lowest BCUT2D eigenvalue weighted by atomic mass is 9.82. The fraction of sp³-hybridized carbons (Fsp3) is 0.450. The van der Waals surface area contributed by atoms with Crippen LogP contribution in [-0.2, 0) is 9.59 Å². The van der Waals surface area contributed by atoms with Crippen molar-refractivity contribution in [3.05, 3.63) is 42.5 Å². The van der Waals surface area contributed by atoms with Crippen molar-refractivity contribution in [2.24, 2.45) is 0 Å². The van der Waals surface area contributed by atoms with Crippen LogP contribution < -0.4 is 15.0 Å². The summed E-state index contributed by atoms with van der Waals surface area (Å²) in [4.78, 5) is 36.2. The Morgan fingerprint density at radius 3 is 2.56 bits per heavy atom. The molecule has 0 saturated carbocycles. The van der Waals surface area contributed by atoms with Gasteiger partial charge in [0, 0.05) is 37.1 Å². The highest BCUT2D eigenvalue weighted by molar-refractivity contribution is 5.87. The number of pyridine rings is 1. The summed E-state index contributed by atoms with van der Waals surface area (Å²) in [5.74, 6) is -1.30. The van der Waals surface area contributed by atoms with Gasteiger partial charge in [0.05, 0.1) is 13.0 Å². The molecule has 0 radical (unpaired) electrons. The molecule has 2 saturated heterocycles. The molecular formula is C20H22F3N5O4. The number of alkyl halides is 3. The van der Waals surface area contributed by atoms with Crippen molar-refractivity contribution in [3.8, 4) is 5.88 Å². The minimum Gasteiger partial charge on any atom is -0.481 e. The van der Waals surface area contributed by atoms with Crippen LogP contribution in [0, 0.1) is 0 Å². The number of carbonyl (C=O) groups excluding carboxylic acids is 1. The number of piperidine rings is 1. The average Bonchev–Trinajstić information content (AvgIpc) is 3.10. The second-order valence-electron chi connectivity index (χ2n) is 7.52. The number of hydrogen-bond donors (Lipinski definition) is 2. The van der Waals surface area contributed by atoms with Crippen LogP contribution in [0.1, 0.15) is 30.7 Å². The second kappa shape index (κ2) is 9.37. The van der Waals surface area contributed by atoms with E-state index in [0.29, 0.717) is 5.88 Å². The molecule has 0 aliphatic carbocycles. The first kappa shape index (κ1) is 23.2. The normalized spacial score (nSPS) is 19.7. The number of ether oxygens (including phenoxy) is 1. The highest BCUT2D eigenvalue weighted by atomic mass is 19.4. The minimum absolute atomic E-state index is 0.0978. The first-order chi connectivity index (χ1) is 15.1. The van der Waals surface area contributed by atoms with E-state index < -0.39 is 12.1 Å². The third-order valence-corrected chi connectivity index (χ3v) is 5.51. The zero-order valence-electron chi connectivity index (χ0n) is 17.2. The number of hydrogen-bond acceptors (Lipinski definition) is 7. The van der Waals surface area contributed by atoms with Crippen molar-refractivity contribution >= 4 is 17.7 Å². The Hall–Kier alpha value is -3.44. The number of nitrogens with zero attached hydrogens (tertiary/aromatic N) is 4. The lowest BCUT2D eigenvalue weighted by Crippen LogP contribution is -2.51. The predicted octanol–water partition coefficient (Wildman–Crippen LogP) is 2.16. The van der Waals surface area contributed by atoms with Gasteiger partial charge in [-0.05, 0) is 30.9 Å². The fourth-order valence-corrected chi connectivity index (χ4v) is 3.84. The number of rotatable bonds is 3. The van der Waals surface area contributed by atoms with E-state index in [0.717, 1.165) is 43.7 Å². The van der Waals surface area contributed by atoms with Crippen LogP contribution in [0.4, 0.5) is 19.0 Å². The summed E-state index contributed by atoms with van der Waals surface area (Å²) in [6.07, 6.45) is 2.61. The van der Waals surface area contributed by atoms with Crippen molar-refractivity contribution in [2.75, 3.05) is 25.1 Å². The van der Waals surface area contributed by atoms with Gasteiger partial charge >= 0.3 is 12.1 Å². The standard InChI is InChI=1S/C18H21N5O2.C2HF3O2/c1-25-16-9-15(20-12-21-16)23-7-4-18(5-8-23)10-14(17(24)22-18)13-3-2-6-19-11-13;3-2(4,5)1(6)7/h2-3,6,9,11-12,14H,4-5,7-8,10H2,1H3,(H,22,24);(H,6,7). The summed E-state index contributed by atoms with van der Waals surface area (Å²) < 4.78 is 36.9. The van der Waals surface area contributed by atoms with Crippen LogP contribution in [0.5, 0.6) is 5.88 Å². The summed E-state index contributed by atoms with van der Waals surface area (Å²) in [5.41, 5.74) is 0.880. The Bertz CT molecular complexity index is 950. The van der Waals surface area contributed by atoms with Gasteiger partial charge in [-0.3, -0.25) is 9.78 Å². The molecule has 4 heterocycles. The topological polar surface area (TPSA) is 118 Å². The lowest BCUT2D eigenvalue weighted by molar-refractivity contribution is -0.192. The molecular weight excluding hydrogens is 431 g/mol. The Balaban J connectivity index is 0.000000360. The van der Waals surface area contributed by atoms with Crippen molar-refractivity contribution in [1.82, 2.24) is 20.3 Å². The molecule has 2 aromatic rings. The second-order valence-corrected chi connectivity index (χ2v) is 7.52. The maximum atomic E-state index is 12.5. The van der Waals surface area contributed by atoms with Crippen LogP contribution in [0.2, 0.25) is 0 Å². The Morgan fingerprint density at radius 1 is 1.31 bits per heavy atom. The molecule has 32 heavy (non-hydrogen) atoms. The van der Waals surface area contributed by atoms with E-state index in [1.165, 1.54) is 6.33 Å². The first-order valence-electron chi connectivity index (χ1n) is 9.76. The number of halogens is 3. The molecule has 2 aliphatic rings. The van der Waals surface area contributed by atoms with E-state index in [9.17, 15) is 18.0 Å². The average molecular weight is 453 g/mol. The number of carboxylic acid groups (broad SMARTS) is 1. The highest BCUT2D eigenvalue weighted by Gasteiger charge is 2.46. The maximum Gasteiger partial charge on any atom is 0.490 e. The van der Waals surface area contributed by atoms with Gasteiger partial charge in [0.1, 0.15) is 12.1 Å². The van der Waals surface area contributed by atoms with Crippen molar-refractivity contribution in [1.29, 1.82) is 0 Å². The molecule has 172 valence electrons. The van der Waals surface area contributed by atoms with Crippen LogP contribution in [0.3, 0.4) is 0 Å². The van der Waals surface area contributed by atoms with E-state index in [-0.39, 0.29) is 17.4 Å². The van der Waals surface area contributed by atoms with Gasteiger partial charge in [0.2, 0.25) is 11.8 Å². The van der Waals surface area contributed by atoms with Crippen molar-refractivity contribution in [3.63, 3.8) is 0 Å². The number of anilines is 1. The van der Waals surface area contributed by atoms with Crippen molar-refractivity contribution in [2.45, 2.75) is 36.9 Å². The van der Waals surface area contributed by atoms with Gasteiger partial charge in [0.25, 0.3) is 0 Å². The summed E-state index contributed by atoms with van der Waals surface area (Å²) in [5, 5.41) is 10.4. The number of carboxylic acids is 1. The van der Waals surface area contributed by atoms with E-state index in [1.807, 2.05) is 18.2 Å². The SMILES string of the molecule is COc1cc(N2CCC3(CC2)CC(c2cccnc2)C(=O)N3)ncn1.O=C(O)C(F)(F)F. The van der Waals surface area contributed by atoms with E-state index in [1.54, 1.807) is 19.5 Å². The van der Waals surface area contributed by atoms with Crippen molar-refractivity contribution < 1.29 is 32.6 Å². The highest BCUT2D eigenvalue weighted by Crippen LogP contribution is 2.39. The summed E-state index contributed by atoms with van der Waals surface area (Å²) in [6.45, 7) is 1.69. The molecule has 2 aliphatic heterocycles. The van der Waals surface area contributed by atoms with Gasteiger partial charge < -0.3 is 20.1 Å². The molecule has 2 aromatic heterocycles. The third kappa shape index (κ3) is 5.42. The number of amides is 1. The summed E-state index contributed by atoms with van der Waals surface area (Å²) in [6, 6.07) is 5.72. The lowest BCUT2D eigenvalue weighted by Gasteiger charge is -2.39. The van der Waals surface area contributed by atoms with Crippen LogP contribution in [0.15, 0.2) is 36.9 Å². The van der Waals surface area contributed by atoms with Gasteiger partial charge in [-0.25, -0.2) is 14.8 Å². The molecule has 1 unspecified atom stereocenters. The molecule has 1 spiro atoms. The zero-order chi connectivity index (χ0) is 23.4. The van der Waals surface area contributed by atoms with Gasteiger partial charge in [-0.2, -0.15) is 13.2 Å². The number of nitrogens with one attached hydrogen (secondary N) is 1. The maximum absolute atomic E-state index is 12.5. The smallest absolute Gasteiger partial charge is 0.481 e. The molecule has 4 rings (SSSR count). The van der Waals surface area contributed by atoms with Gasteiger partial charge in [-0.15, -0.1) is 0 Å². The number of aromatic nitrogens is 3. The van der Waals surface area contributed by atoms with Crippen LogP contribution in [0.25, 0.3) is 0 Å². The number of carbonyl (C=O) groups is 2. The van der Waals surface area contributed by atoms with Crippen LogP contribution in [-0.4, -0.2) is 63.8 Å². The molecule has 1 atom stereocenters. The zero-order valence-corrected chi connectivity index (χ0v) is 17.2. The molecule has 0 aromatic carbocycles. The van der Waals surface area contributed by atoms with E-state index in [2.05, 4.69) is 25.2 Å². The Labute approximate surface area is 181 Å². The Kier molecular flexibility index (Phi) is 6.80. The summed E-state index contributed by atoms with van der Waals surface area (Å²) in [7, 11) is 1.60. The van der Waals surface area contributed by atoms with E-state index in [4.69, 9.17) is 14.6 Å². The fourth-order valence-electron chi connectivity index (χ4n) is 3.84. The molecule has 2 fully saturated rings. The molecule has 9 nitrogen and oxygen atoms in total. The molecule has 1 amide bonds. The Morgan fingerprint density at radius 2 is 2.00 bits per heavy atom. The summed E-state index contributed by atoms with van der Waals surface area (Å²) >= 11 is 0. The van der Waals surface area contributed by atoms with E-state index >= 15 is 0 Å². The van der Waals surface area contributed by atoms with Gasteiger partial charge in [-0.1, -0.05) is 6.07 Å². The van der Waals surface area contributed by atoms with Gasteiger partial charge in [0.15, 0.2) is 0 Å². The number of aliphatic carboxylic acids is 1. The third-order valence-electron chi connectivity index (χ3n) is 5.51. The number of methoxy groups -OCH3 is 1. The predicted molar refractivity (Wildman–Crippen MR) is 106 cm³/mol. The molecule has 0 bridgehead atoms.